The van der Waals surface area contributed by atoms with Crippen molar-refractivity contribution in [2.45, 2.75) is 26.3 Å². The predicted octanol–water partition coefficient (Wildman–Crippen LogP) is 3.81. The van der Waals surface area contributed by atoms with Crippen molar-refractivity contribution in [1.82, 2.24) is 4.31 Å². The van der Waals surface area contributed by atoms with Gasteiger partial charge in [0.15, 0.2) is 11.5 Å². The van der Waals surface area contributed by atoms with E-state index in [0.29, 0.717) is 29.2 Å². The molecule has 0 saturated carbocycles. The van der Waals surface area contributed by atoms with Crippen molar-refractivity contribution in [2.24, 2.45) is 5.92 Å². The second kappa shape index (κ2) is 11.9. The van der Waals surface area contributed by atoms with Gasteiger partial charge in [-0.3, -0.25) is 0 Å². The summed E-state index contributed by atoms with van der Waals surface area (Å²) in [5.41, 5.74) is 1.70. The first kappa shape index (κ1) is 25.7. The van der Waals surface area contributed by atoms with Gasteiger partial charge in [0.25, 0.3) is 0 Å². The van der Waals surface area contributed by atoms with Gasteiger partial charge in [0.05, 0.1) is 19.4 Å². The summed E-state index contributed by atoms with van der Waals surface area (Å²) >= 11 is 5.86. The smallest absolute Gasteiger partial charge is 0.211 e. The molecule has 0 fully saturated rings. The molecule has 0 aliphatic carbocycles. The SMILES string of the molecule is COc1cc(CCN([C@H](C=O)C(C)C)S(C)(=O)=O)ccc1OCC#Cc1ccc(Cl)cc1. The van der Waals surface area contributed by atoms with Crippen molar-refractivity contribution >= 4 is 27.9 Å². The molecule has 6 nitrogen and oxygen atoms in total. The summed E-state index contributed by atoms with van der Waals surface area (Å²) in [6.45, 7) is 4.01. The van der Waals surface area contributed by atoms with Crippen molar-refractivity contribution in [3.05, 3.63) is 58.6 Å². The maximum absolute atomic E-state index is 12.2. The molecule has 0 radical (unpaired) electrons. The fraction of sp³-hybridized carbons (Fsp3) is 0.375. The Kier molecular flexibility index (Phi) is 9.58. The van der Waals surface area contributed by atoms with Crippen LogP contribution in [0.15, 0.2) is 42.5 Å². The van der Waals surface area contributed by atoms with Gasteiger partial charge in [-0.25, -0.2) is 8.42 Å². The highest BCUT2D eigenvalue weighted by Crippen LogP contribution is 2.28. The molecule has 0 amide bonds. The molecule has 8 heteroatoms. The van der Waals surface area contributed by atoms with E-state index in [1.54, 1.807) is 24.3 Å². The van der Waals surface area contributed by atoms with Crippen LogP contribution < -0.4 is 9.47 Å². The van der Waals surface area contributed by atoms with E-state index in [9.17, 15) is 13.2 Å². The highest BCUT2D eigenvalue weighted by atomic mass is 35.5. The van der Waals surface area contributed by atoms with Gasteiger partial charge < -0.3 is 14.3 Å². The molecular formula is C24H28ClNO5S. The molecule has 0 unspecified atom stereocenters. The Hall–Kier alpha value is -2.53. The van der Waals surface area contributed by atoms with Crippen LogP contribution in [0.3, 0.4) is 0 Å². The standard InChI is InChI=1S/C24H28ClNO5S/c1-18(2)22(17-27)26(32(4,28)29)14-13-20-9-12-23(24(16-20)30-3)31-15-5-6-19-7-10-21(25)11-8-19/h7-12,16-18,22H,13-15H2,1-4H3/t22-/m1/s1. The normalized spacial score (nSPS) is 12.2. The molecule has 1 atom stereocenters. The Bertz CT molecular complexity index is 1070. The average Bonchev–Trinajstić information content (AvgIpc) is 2.74. The monoisotopic (exact) mass is 477 g/mol. The topological polar surface area (TPSA) is 72.9 Å². The summed E-state index contributed by atoms with van der Waals surface area (Å²) in [5, 5.41) is 0.655. The lowest BCUT2D eigenvalue weighted by atomic mass is 10.1. The van der Waals surface area contributed by atoms with Crippen molar-refractivity contribution < 1.29 is 22.7 Å². The number of ether oxygens (including phenoxy) is 2. The molecule has 32 heavy (non-hydrogen) atoms. The number of benzene rings is 2. The average molecular weight is 478 g/mol. The molecule has 0 aromatic heterocycles. The van der Waals surface area contributed by atoms with Crippen molar-refractivity contribution in [3.8, 4) is 23.3 Å². The molecule has 0 bridgehead atoms. The molecule has 0 heterocycles. The van der Waals surface area contributed by atoms with Gasteiger partial charge >= 0.3 is 0 Å². The number of hydrogen-bond acceptors (Lipinski definition) is 5. The molecule has 172 valence electrons. The molecular weight excluding hydrogens is 450 g/mol. The lowest BCUT2D eigenvalue weighted by Crippen LogP contribution is -2.44. The van der Waals surface area contributed by atoms with E-state index >= 15 is 0 Å². The maximum atomic E-state index is 12.2. The van der Waals surface area contributed by atoms with Gasteiger partial charge in [0, 0.05) is 17.1 Å². The number of rotatable bonds is 10. The Labute approximate surface area is 195 Å². The first-order chi connectivity index (χ1) is 15.2. The van der Waals surface area contributed by atoms with E-state index in [1.807, 2.05) is 32.0 Å². The van der Waals surface area contributed by atoms with E-state index in [4.69, 9.17) is 21.1 Å². The quantitative estimate of drug-likeness (QED) is 0.384. The minimum Gasteiger partial charge on any atom is -0.493 e. The van der Waals surface area contributed by atoms with Crippen LogP contribution >= 0.6 is 11.6 Å². The molecule has 0 spiro atoms. The van der Waals surface area contributed by atoms with Crippen LogP contribution in [0.5, 0.6) is 11.5 Å². The fourth-order valence-corrected chi connectivity index (χ4v) is 4.39. The molecule has 2 aromatic rings. The minimum atomic E-state index is -3.53. The second-order valence-electron chi connectivity index (χ2n) is 7.58. The van der Waals surface area contributed by atoms with Crippen molar-refractivity contribution in [3.63, 3.8) is 0 Å². The van der Waals surface area contributed by atoms with Crippen LogP contribution in [0.2, 0.25) is 5.02 Å². The number of nitrogens with zero attached hydrogens (tertiary/aromatic N) is 1. The molecule has 0 saturated heterocycles. The Balaban J connectivity index is 2.06. The molecule has 0 N–H and O–H groups in total. The summed E-state index contributed by atoms with van der Waals surface area (Å²) in [6, 6.07) is 11.9. The number of sulfonamides is 1. The van der Waals surface area contributed by atoms with Crippen LogP contribution in [0.25, 0.3) is 0 Å². The number of hydrogen-bond donors (Lipinski definition) is 0. The lowest BCUT2D eigenvalue weighted by Gasteiger charge is -2.28. The number of carbonyl (C=O) groups is 1. The van der Waals surface area contributed by atoms with Gasteiger partial charge in [-0.2, -0.15) is 4.31 Å². The van der Waals surface area contributed by atoms with E-state index in [2.05, 4.69) is 11.8 Å². The van der Waals surface area contributed by atoms with Gasteiger partial charge in [-0.15, -0.1) is 0 Å². The number of halogens is 1. The summed E-state index contributed by atoms with van der Waals surface area (Å²) in [6.07, 6.45) is 2.24. The van der Waals surface area contributed by atoms with Crippen molar-refractivity contribution in [1.29, 1.82) is 0 Å². The lowest BCUT2D eigenvalue weighted by molar-refractivity contribution is -0.112. The Morgan fingerprint density at radius 2 is 1.81 bits per heavy atom. The van der Waals surface area contributed by atoms with Gasteiger partial charge in [0.1, 0.15) is 12.9 Å². The molecule has 0 aliphatic heterocycles. The highest BCUT2D eigenvalue weighted by molar-refractivity contribution is 7.88. The van der Waals surface area contributed by atoms with Gasteiger partial charge in [0.2, 0.25) is 10.0 Å². The summed E-state index contributed by atoms with van der Waals surface area (Å²) in [4.78, 5) is 11.5. The first-order valence-electron chi connectivity index (χ1n) is 10.1. The highest BCUT2D eigenvalue weighted by Gasteiger charge is 2.28. The summed E-state index contributed by atoms with van der Waals surface area (Å²) in [7, 11) is -1.99. The van der Waals surface area contributed by atoms with Gasteiger partial charge in [-0.05, 0) is 54.3 Å². The van der Waals surface area contributed by atoms with E-state index in [1.165, 1.54) is 11.4 Å². The fourth-order valence-electron chi connectivity index (χ4n) is 3.10. The zero-order chi connectivity index (χ0) is 23.7. The zero-order valence-corrected chi connectivity index (χ0v) is 20.2. The maximum Gasteiger partial charge on any atom is 0.211 e. The molecule has 2 aromatic carbocycles. The van der Waals surface area contributed by atoms with Crippen LogP contribution in [-0.2, 0) is 21.2 Å². The predicted molar refractivity (Wildman–Crippen MR) is 127 cm³/mol. The third kappa shape index (κ3) is 7.56. The largest absolute Gasteiger partial charge is 0.493 e. The van der Waals surface area contributed by atoms with Crippen molar-refractivity contribution in [2.75, 3.05) is 26.5 Å². The number of carbonyl (C=O) groups excluding carboxylic acids is 1. The number of methoxy groups -OCH3 is 1. The van der Waals surface area contributed by atoms with Crippen LogP contribution in [0, 0.1) is 17.8 Å². The molecule has 0 aliphatic rings. The van der Waals surface area contributed by atoms with Crippen LogP contribution in [0.1, 0.15) is 25.0 Å². The van der Waals surface area contributed by atoms with E-state index in [-0.39, 0.29) is 19.1 Å². The Morgan fingerprint density at radius 1 is 1.12 bits per heavy atom. The Morgan fingerprint density at radius 3 is 2.38 bits per heavy atom. The third-order valence-corrected chi connectivity index (χ3v) is 6.34. The summed E-state index contributed by atoms with van der Waals surface area (Å²) < 4.78 is 36.8. The first-order valence-corrected chi connectivity index (χ1v) is 12.3. The van der Waals surface area contributed by atoms with Crippen LogP contribution in [-0.4, -0.2) is 51.6 Å². The van der Waals surface area contributed by atoms with Crippen LogP contribution in [0.4, 0.5) is 0 Å². The van der Waals surface area contributed by atoms with Gasteiger partial charge in [-0.1, -0.05) is 43.4 Å². The minimum absolute atomic E-state index is 0.124. The third-order valence-electron chi connectivity index (χ3n) is 4.81. The van der Waals surface area contributed by atoms with E-state index in [0.717, 1.165) is 17.4 Å². The summed E-state index contributed by atoms with van der Waals surface area (Å²) in [5.74, 6) is 6.88. The zero-order valence-electron chi connectivity index (χ0n) is 18.7. The molecule has 2 rings (SSSR count). The number of aldehydes is 1. The second-order valence-corrected chi connectivity index (χ2v) is 9.95. The van der Waals surface area contributed by atoms with E-state index < -0.39 is 16.1 Å².